The van der Waals surface area contributed by atoms with Gasteiger partial charge in [-0.05, 0) is 12.3 Å². The molecule has 0 aliphatic heterocycles. The van der Waals surface area contributed by atoms with Gasteiger partial charge in [0.15, 0.2) is 0 Å². The van der Waals surface area contributed by atoms with E-state index in [1.807, 2.05) is 13.2 Å². The summed E-state index contributed by atoms with van der Waals surface area (Å²) in [6.45, 7) is 3.02. The highest BCUT2D eigenvalue weighted by Gasteiger charge is 2.38. The number of hydrogen-bond donors (Lipinski definition) is 1. The van der Waals surface area contributed by atoms with Gasteiger partial charge in [-0.15, -0.1) is 0 Å². The van der Waals surface area contributed by atoms with Gasteiger partial charge < -0.3 is 10.2 Å². The van der Waals surface area contributed by atoms with E-state index in [-0.39, 0.29) is 17.7 Å². The Morgan fingerprint density at radius 2 is 2.25 bits per heavy atom. The maximum atomic E-state index is 11.9. The van der Waals surface area contributed by atoms with Crippen molar-refractivity contribution in [2.45, 2.75) is 26.3 Å². The predicted octanol–water partition coefficient (Wildman–Crippen LogP) is 0.541. The highest BCUT2D eigenvalue weighted by Crippen LogP contribution is 2.37. The molecule has 1 aromatic rings. The lowest BCUT2D eigenvalue weighted by Gasteiger charge is -2.16. The second kappa shape index (κ2) is 6.07. The maximum absolute atomic E-state index is 11.9. The minimum Gasteiger partial charge on any atom is -0.355 e. The van der Waals surface area contributed by atoms with Crippen molar-refractivity contribution in [1.29, 1.82) is 0 Å². The van der Waals surface area contributed by atoms with Crippen LogP contribution in [0.25, 0.3) is 0 Å². The number of carbonyl (C=O) groups is 2. The van der Waals surface area contributed by atoms with Crippen molar-refractivity contribution in [3.8, 4) is 0 Å². The Morgan fingerprint density at radius 1 is 1.55 bits per heavy atom. The Balaban J connectivity index is 1.67. The number of aryl methyl sites for hydroxylation is 1. The molecule has 6 nitrogen and oxygen atoms in total. The first kappa shape index (κ1) is 14.6. The van der Waals surface area contributed by atoms with E-state index >= 15 is 0 Å². The van der Waals surface area contributed by atoms with E-state index in [1.54, 1.807) is 22.8 Å². The third kappa shape index (κ3) is 3.82. The molecule has 1 saturated carbocycles. The molecule has 110 valence electrons. The number of carbonyl (C=O) groups excluding carboxylic acids is 2. The van der Waals surface area contributed by atoms with Crippen LogP contribution in [0.15, 0.2) is 12.4 Å². The second-order valence-electron chi connectivity index (χ2n) is 5.63. The average Bonchev–Trinajstić information content (AvgIpc) is 2.99. The SMILES string of the molecule is C[C@@H]1C[C@H]1C(=O)NCCC(=O)N(C)Cc1cnn(C)c1. The van der Waals surface area contributed by atoms with E-state index in [0.717, 1.165) is 12.0 Å². The summed E-state index contributed by atoms with van der Waals surface area (Å²) in [6.07, 6.45) is 4.95. The fourth-order valence-corrected chi connectivity index (χ4v) is 2.22. The first-order valence-corrected chi connectivity index (χ1v) is 6.96. The first-order valence-electron chi connectivity index (χ1n) is 6.96. The van der Waals surface area contributed by atoms with Crippen molar-refractivity contribution in [2.75, 3.05) is 13.6 Å². The van der Waals surface area contributed by atoms with Crippen LogP contribution in [0, 0.1) is 11.8 Å². The summed E-state index contributed by atoms with van der Waals surface area (Å²) in [5.74, 6) is 0.774. The Kier molecular flexibility index (Phi) is 4.42. The van der Waals surface area contributed by atoms with Gasteiger partial charge in [-0.3, -0.25) is 14.3 Å². The monoisotopic (exact) mass is 278 g/mol. The summed E-state index contributed by atoms with van der Waals surface area (Å²) in [4.78, 5) is 25.2. The van der Waals surface area contributed by atoms with Crippen LogP contribution >= 0.6 is 0 Å². The van der Waals surface area contributed by atoms with Crippen molar-refractivity contribution in [2.24, 2.45) is 18.9 Å². The number of hydrogen-bond acceptors (Lipinski definition) is 3. The van der Waals surface area contributed by atoms with Gasteiger partial charge in [0.2, 0.25) is 11.8 Å². The van der Waals surface area contributed by atoms with Gasteiger partial charge >= 0.3 is 0 Å². The molecule has 0 saturated heterocycles. The summed E-state index contributed by atoms with van der Waals surface area (Å²) < 4.78 is 1.71. The molecular weight excluding hydrogens is 256 g/mol. The van der Waals surface area contributed by atoms with Crippen LogP contribution in [-0.2, 0) is 23.2 Å². The van der Waals surface area contributed by atoms with E-state index in [1.165, 1.54) is 0 Å². The first-order chi connectivity index (χ1) is 9.47. The molecule has 0 spiro atoms. The molecule has 0 bridgehead atoms. The molecular formula is C14H22N4O2. The lowest BCUT2D eigenvalue weighted by Crippen LogP contribution is -2.32. The summed E-state index contributed by atoms with van der Waals surface area (Å²) in [7, 11) is 3.61. The zero-order valence-electron chi connectivity index (χ0n) is 12.3. The normalized spacial score (nSPS) is 20.6. The minimum atomic E-state index is 0.0259. The molecule has 1 heterocycles. The van der Waals surface area contributed by atoms with E-state index in [4.69, 9.17) is 0 Å². The third-order valence-corrected chi connectivity index (χ3v) is 3.69. The van der Waals surface area contributed by atoms with Gasteiger partial charge in [0.05, 0.1) is 6.20 Å². The largest absolute Gasteiger partial charge is 0.355 e. The highest BCUT2D eigenvalue weighted by molar-refractivity contribution is 5.82. The molecule has 1 fully saturated rings. The van der Waals surface area contributed by atoms with Crippen molar-refractivity contribution in [3.05, 3.63) is 18.0 Å². The second-order valence-corrected chi connectivity index (χ2v) is 5.63. The van der Waals surface area contributed by atoms with Crippen LogP contribution in [0.1, 0.15) is 25.3 Å². The standard InChI is InChI=1S/C14H22N4O2/c1-10-6-12(10)14(20)15-5-4-13(19)17(2)8-11-7-16-18(3)9-11/h7,9-10,12H,4-6,8H2,1-3H3,(H,15,20)/t10-,12-/m1/s1. The summed E-state index contributed by atoms with van der Waals surface area (Å²) in [6, 6.07) is 0. The van der Waals surface area contributed by atoms with Crippen LogP contribution in [0.2, 0.25) is 0 Å². The van der Waals surface area contributed by atoms with Crippen LogP contribution in [0.5, 0.6) is 0 Å². The summed E-state index contributed by atoms with van der Waals surface area (Å²) in [5, 5.41) is 6.90. The summed E-state index contributed by atoms with van der Waals surface area (Å²) >= 11 is 0. The van der Waals surface area contributed by atoms with Crippen LogP contribution in [-0.4, -0.2) is 40.1 Å². The number of nitrogens with one attached hydrogen (secondary N) is 1. The van der Waals surface area contributed by atoms with E-state index in [9.17, 15) is 9.59 Å². The number of nitrogens with zero attached hydrogens (tertiary/aromatic N) is 3. The Morgan fingerprint density at radius 3 is 2.80 bits per heavy atom. The topological polar surface area (TPSA) is 67.2 Å². The molecule has 1 aromatic heterocycles. The molecule has 0 aromatic carbocycles. The van der Waals surface area contributed by atoms with Gasteiger partial charge in [0.25, 0.3) is 0 Å². The Hall–Kier alpha value is -1.85. The predicted molar refractivity (Wildman–Crippen MR) is 74.6 cm³/mol. The maximum Gasteiger partial charge on any atom is 0.224 e. The van der Waals surface area contributed by atoms with Crippen LogP contribution in [0.3, 0.4) is 0 Å². The number of amides is 2. The number of aromatic nitrogens is 2. The summed E-state index contributed by atoms with van der Waals surface area (Å²) in [5.41, 5.74) is 0.999. The number of rotatable bonds is 6. The molecule has 2 atom stereocenters. The van der Waals surface area contributed by atoms with Crippen LogP contribution < -0.4 is 5.32 Å². The van der Waals surface area contributed by atoms with Gasteiger partial charge in [-0.25, -0.2) is 0 Å². The zero-order valence-corrected chi connectivity index (χ0v) is 12.3. The molecule has 1 aliphatic carbocycles. The fourth-order valence-electron chi connectivity index (χ4n) is 2.22. The highest BCUT2D eigenvalue weighted by atomic mass is 16.2. The molecule has 6 heteroatoms. The molecule has 2 rings (SSSR count). The lowest BCUT2D eigenvalue weighted by atomic mass is 10.3. The van der Waals surface area contributed by atoms with E-state index in [0.29, 0.717) is 25.4 Å². The molecule has 0 unspecified atom stereocenters. The Bertz CT molecular complexity index is 497. The fraction of sp³-hybridized carbons (Fsp3) is 0.643. The molecule has 1 N–H and O–H groups in total. The molecule has 2 amide bonds. The van der Waals surface area contributed by atoms with E-state index in [2.05, 4.69) is 17.3 Å². The van der Waals surface area contributed by atoms with Crippen molar-refractivity contribution >= 4 is 11.8 Å². The third-order valence-electron chi connectivity index (χ3n) is 3.69. The van der Waals surface area contributed by atoms with Crippen molar-refractivity contribution in [3.63, 3.8) is 0 Å². The van der Waals surface area contributed by atoms with Gasteiger partial charge in [0.1, 0.15) is 0 Å². The molecule has 20 heavy (non-hydrogen) atoms. The van der Waals surface area contributed by atoms with Crippen LogP contribution in [0.4, 0.5) is 0 Å². The van der Waals surface area contributed by atoms with E-state index < -0.39 is 0 Å². The zero-order chi connectivity index (χ0) is 14.7. The van der Waals surface area contributed by atoms with Crippen molar-refractivity contribution in [1.82, 2.24) is 20.0 Å². The lowest BCUT2D eigenvalue weighted by molar-refractivity contribution is -0.130. The van der Waals surface area contributed by atoms with Gasteiger partial charge in [-0.2, -0.15) is 5.10 Å². The van der Waals surface area contributed by atoms with Crippen molar-refractivity contribution < 1.29 is 9.59 Å². The average molecular weight is 278 g/mol. The Labute approximate surface area is 119 Å². The molecule has 0 radical (unpaired) electrons. The quantitative estimate of drug-likeness (QED) is 0.826. The van der Waals surface area contributed by atoms with Gasteiger partial charge in [0, 0.05) is 51.3 Å². The minimum absolute atomic E-state index is 0.0259. The smallest absolute Gasteiger partial charge is 0.224 e. The van der Waals surface area contributed by atoms with Gasteiger partial charge in [-0.1, -0.05) is 6.92 Å². The molecule has 1 aliphatic rings.